The van der Waals surface area contributed by atoms with Crippen LogP contribution >= 0.6 is 15.9 Å². The molecule has 19 heavy (non-hydrogen) atoms. The molecular formula is C15H22BrNO2. The van der Waals surface area contributed by atoms with Crippen LogP contribution in [0.3, 0.4) is 0 Å². The van der Waals surface area contributed by atoms with Crippen molar-refractivity contribution in [2.24, 2.45) is 0 Å². The summed E-state index contributed by atoms with van der Waals surface area (Å²) in [4.78, 5) is 0. The summed E-state index contributed by atoms with van der Waals surface area (Å²) < 4.78 is 6.76. The summed E-state index contributed by atoms with van der Waals surface area (Å²) in [7, 11) is 0. The minimum atomic E-state index is -0.754. The van der Waals surface area contributed by atoms with E-state index in [4.69, 9.17) is 4.74 Å². The topological polar surface area (TPSA) is 41.5 Å². The zero-order valence-corrected chi connectivity index (χ0v) is 13.2. The molecule has 0 bridgehead atoms. The van der Waals surface area contributed by atoms with Crippen molar-refractivity contribution in [1.29, 1.82) is 0 Å². The van der Waals surface area contributed by atoms with Crippen molar-refractivity contribution in [2.45, 2.75) is 38.7 Å². The Labute approximate surface area is 123 Å². The van der Waals surface area contributed by atoms with Crippen molar-refractivity contribution in [3.8, 4) is 5.75 Å². The molecule has 2 rings (SSSR count). The SMILES string of the molecule is CCCNCC(C)(O)Cc1cc(Br)cc2c1OCC2. The number of nitrogens with one attached hydrogen (secondary N) is 1. The van der Waals surface area contributed by atoms with Crippen LogP contribution in [0.25, 0.3) is 0 Å². The molecule has 1 heterocycles. The first-order valence-electron chi connectivity index (χ1n) is 6.89. The summed E-state index contributed by atoms with van der Waals surface area (Å²) in [6, 6.07) is 4.16. The average molecular weight is 328 g/mol. The van der Waals surface area contributed by atoms with Crippen molar-refractivity contribution in [1.82, 2.24) is 5.32 Å². The van der Waals surface area contributed by atoms with Crippen molar-refractivity contribution < 1.29 is 9.84 Å². The summed E-state index contributed by atoms with van der Waals surface area (Å²) in [5, 5.41) is 13.8. The molecule has 0 saturated heterocycles. The van der Waals surface area contributed by atoms with Crippen molar-refractivity contribution >= 4 is 15.9 Å². The summed E-state index contributed by atoms with van der Waals surface area (Å²) in [6.07, 6.45) is 2.63. The van der Waals surface area contributed by atoms with Gasteiger partial charge >= 0.3 is 0 Å². The van der Waals surface area contributed by atoms with Gasteiger partial charge in [0.25, 0.3) is 0 Å². The Bertz CT molecular complexity index is 446. The van der Waals surface area contributed by atoms with E-state index < -0.39 is 5.60 Å². The first-order chi connectivity index (χ1) is 9.02. The second kappa shape index (κ2) is 6.25. The van der Waals surface area contributed by atoms with Gasteiger partial charge in [0.1, 0.15) is 5.75 Å². The van der Waals surface area contributed by atoms with E-state index in [1.54, 1.807) is 0 Å². The molecule has 0 amide bonds. The molecule has 0 saturated carbocycles. The number of halogens is 1. The molecule has 106 valence electrons. The van der Waals surface area contributed by atoms with Crippen LogP contribution in [-0.4, -0.2) is 30.4 Å². The fourth-order valence-corrected chi connectivity index (χ4v) is 3.04. The van der Waals surface area contributed by atoms with Crippen LogP contribution in [-0.2, 0) is 12.8 Å². The highest BCUT2D eigenvalue weighted by Gasteiger charge is 2.25. The maximum Gasteiger partial charge on any atom is 0.125 e. The zero-order chi connectivity index (χ0) is 13.9. The standard InChI is InChI=1S/C15H22BrNO2/c1-3-5-17-10-15(2,18)9-12-8-13(16)7-11-4-6-19-14(11)12/h7-8,17-18H,3-6,9-10H2,1-2H3. The first-order valence-corrected chi connectivity index (χ1v) is 7.68. The van der Waals surface area contributed by atoms with Crippen LogP contribution in [0.15, 0.2) is 16.6 Å². The Hall–Kier alpha value is -0.580. The third-order valence-electron chi connectivity index (χ3n) is 3.33. The number of rotatable bonds is 6. The number of hydrogen-bond acceptors (Lipinski definition) is 3. The monoisotopic (exact) mass is 327 g/mol. The second-order valence-electron chi connectivity index (χ2n) is 5.50. The predicted molar refractivity (Wildman–Crippen MR) is 80.8 cm³/mol. The minimum Gasteiger partial charge on any atom is -0.493 e. The van der Waals surface area contributed by atoms with Crippen LogP contribution in [0.5, 0.6) is 5.75 Å². The molecular weight excluding hydrogens is 306 g/mol. The highest BCUT2D eigenvalue weighted by atomic mass is 79.9. The van der Waals surface area contributed by atoms with Gasteiger partial charge in [0, 0.05) is 23.9 Å². The van der Waals surface area contributed by atoms with Gasteiger partial charge in [-0.1, -0.05) is 22.9 Å². The Morgan fingerprint density at radius 3 is 3.00 bits per heavy atom. The first kappa shape index (κ1) is 14.8. The number of hydrogen-bond donors (Lipinski definition) is 2. The van der Waals surface area contributed by atoms with E-state index in [-0.39, 0.29) is 0 Å². The quantitative estimate of drug-likeness (QED) is 0.789. The predicted octanol–water partition coefficient (Wildman–Crippen LogP) is 2.68. The zero-order valence-electron chi connectivity index (χ0n) is 11.6. The fraction of sp³-hybridized carbons (Fsp3) is 0.600. The van der Waals surface area contributed by atoms with E-state index >= 15 is 0 Å². The Kier molecular flexibility index (Phi) is 4.87. The molecule has 3 nitrogen and oxygen atoms in total. The van der Waals surface area contributed by atoms with E-state index in [1.807, 2.05) is 6.92 Å². The van der Waals surface area contributed by atoms with Gasteiger partial charge in [0.05, 0.1) is 12.2 Å². The molecule has 0 fully saturated rings. The Balaban J connectivity index is 2.10. The molecule has 1 aliphatic heterocycles. The van der Waals surface area contributed by atoms with Crippen LogP contribution in [0.4, 0.5) is 0 Å². The summed E-state index contributed by atoms with van der Waals surface area (Å²) >= 11 is 3.53. The molecule has 2 N–H and O–H groups in total. The van der Waals surface area contributed by atoms with Gasteiger partial charge in [-0.15, -0.1) is 0 Å². The molecule has 0 aromatic heterocycles. The van der Waals surface area contributed by atoms with E-state index in [2.05, 4.69) is 40.3 Å². The molecule has 1 atom stereocenters. The van der Waals surface area contributed by atoms with Gasteiger partial charge in [-0.25, -0.2) is 0 Å². The normalized spacial score (nSPS) is 16.8. The molecule has 1 unspecified atom stereocenters. The molecule has 0 radical (unpaired) electrons. The number of benzene rings is 1. The molecule has 1 aromatic carbocycles. The summed E-state index contributed by atoms with van der Waals surface area (Å²) in [6.45, 7) is 6.27. The van der Waals surface area contributed by atoms with Crippen molar-refractivity contribution in [3.05, 3.63) is 27.7 Å². The Morgan fingerprint density at radius 2 is 2.26 bits per heavy atom. The van der Waals surface area contributed by atoms with Gasteiger partial charge in [-0.3, -0.25) is 0 Å². The molecule has 1 aliphatic rings. The fourth-order valence-electron chi connectivity index (χ4n) is 2.48. The van der Waals surface area contributed by atoms with Crippen molar-refractivity contribution in [2.75, 3.05) is 19.7 Å². The maximum absolute atomic E-state index is 10.5. The molecule has 0 aliphatic carbocycles. The third-order valence-corrected chi connectivity index (χ3v) is 3.79. The van der Waals surface area contributed by atoms with Gasteiger partial charge < -0.3 is 15.2 Å². The second-order valence-corrected chi connectivity index (χ2v) is 6.42. The van der Waals surface area contributed by atoms with Crippen molar-refractivity contribution in [3.63, 3.8) is 0 Å². The molecule has 4 heteroatoms. The van der Waals surface area contributed by atoms with E-state index in [0.29, 0.717) is 13.0 Å². The van der Waals surface area contributed by atoms with Crippen LogP contribution in [0.2, 0.25) is 0 Å². The number of fused-ring (bicyclic) bond motifs is 1. The van der Waals surface area contributed by atoms with E-state index in [1.165, 1.54) is 5.56 Å². The van der Waals surface area contributed by atoms with Gasteiger partial charge in [0.2, 0.25) is 0 Å². The van der Waals surface area contributed by atoms with Crippen LogP contribution in [0, 0.1) is 0 Å². The summed E-state index contributed by atoms with van der Waals surface area (Å²) in [5.74, 6) is 0.971. The van der Waals surface area contributed by atoms with E-state index in [0.717, 1.165) is 41.8 Å². The van der Waals surface area contributed by atoms with Gasteiger partial charge in [-0.2, -0.15) is 0 Å². The van der Waals surface area contributed by atoms with Gasteiger partial charge in [0.15, 0.2) is 0 Å². The Morgan fingerprint density at radius 1 is 1.47 bits per heavy atom. The van der Waals surface area contributed by atoms with Gasteiger partial charge in [-0.05, 0) is 43.1 Å². The number of aliphatic hydroxyl groups is 1. The smallest absolute Gasteiger partial charge is 0.125 e. The summed E-state index contributed by atoms with van der Waals surface area (Å²) in [5.41, 5.74) is 1.57. The minimum absolute atomic E-state index is 0.599. The number of ether oxygens (including phenoxy) is 1. The van der Waals surface area contributed by atoms with Crippen LogP contribution < -0.4 is 10.1 Å². The lowest BCUT2D eigenvalue weighted by atomic mass is 9.94. The molecule has 1 aromatic rings. The van der Waals surface area contributed by atoms with E-state index in [9.17, 15) is 5.11 Å². The largest absolute Gasteiger partial charge is 0.493 e. The lowest BCUT2D eigenvalue weighted by Gasteiger charge is -2.25. The molecule has 0 spiro atoms. The highest BCUT2D eigenvalue weighted by molar-refractivity contribution is 9.10. The third kappa shape index (κ3) is 3.94. The highest BCUT2D eigenvalue weighted by Crippen LogP contribution is 2.34. The maximum atomic E-state index is 10.5. The van der Waals surface area contributed by atoms with Crippen LogP contribution in [0.1, 0.15) is 31.4 Å². The lowest BCUT2D eigenvalue weighted by Crippen LogP contribution is -2.40. The lowest BCUT2D eigenvalue weighted by molar-refractivity contribution is 0.0597. The average Bonchev–Trinajstić information content (AvgIpc) is 2.76.